The predicted octanol–water partition coefficient (Wildman–Crippen LogP) is 1.96. The van der Waals surface area contributed by atoms with Gasteiger partial charge >= 0.3 is 0 Å². The van der Waals surface area contributed by atoms with E-state index in [2.05, 4.69) is 5.10 Å². The maximum absolute atomic E-state index is 11.9. The van der Waals surface area contributed by atoms with Gasteiger partial charge in [-0.2, -0.15) is 5.10 Å². The minimum atomic E-state index is -0.0319. The molecule has 0 spiro atoms. The molecule has 0 saturated heterocycles. The topological polar surface area (TPSA) is 34.9 Å². The van der Waals surface area contributed by atoms with Crippen molar-refractivity contribution in [3.63, 3.8) is 0 Å². The molecule has 0 bridgehead atoms. The van der Waals surface area contributed by atoms with E-state index in [0.717, 1.165) is 5.56 Å². The van der Waals surface area contributed by atoms with Crippen molar-refractivity contribution in [2.24, 2.45) is 7.05 Å². The maximum atomic E-state index is 11.9. The van der Waals surface area contributed by atoms with Crippen LogP contribution in [0, 0.1) is 6.92 Å². The first-order valence-corrected chi connectivity index (χ1v) is 4.78. The molecule has 3 nitrogen and oxygen atoms in total. The molecule has 1 heterocycles. The molecule has 15 heavy (non-hydrogen) atoms. The fourth-order valence-electron chi connectivity index (χ4n) is 1.39. The second-order valence-electron chi connectivity index (χ2n) is 3.57. The Morgan fingerprint density at radius 2 is 1.87 bits per heavy atom. The molecular weight excluding hydrogens is 188 g/mol. The summed E-state index contributed by atoms with van der Waals surface area (Å²) < 4.78 is 1.63. The number of hydrogen-bond acceptors (Lipinski definition) is 2. The van der Waals surface area contributed by atoms with Crippen molar-refractivity contribution in [1.82, 2.24) is 9.78 Å². The highest BCUT2D eigenvalue weighted by atomic mass is 16.1. The van der Waals surface area contributed by atoms with Crippen LogP contribution in [0.4, 0.5) is 0 Å². The molecule has 0 radical (unpaired) electrons. The molecule has 1 aromatic carbocycles. The Kier molecular flexibility index (Phi) is 2.37. The van der Waals surface area contributed by atoms with Crippen molar-refractivity contribution in [1.29, 1.82) is 0 Å². The zero-order valence-electron chi connectivity index (χ0n) is 8.77. The van der Waals surface area contributed by atoms with Crippen molar-refractivity contribution in [3.8, 4) is 0 Å². The SMILES string of the molecule is Cc1ccc(C(=O)c2ccn(C)n2)cc1. The molecule has 0 fully saturated rings. The van der Waals surface area contributed by atoms with Crippen LogP contribution >= 0.6 is 0 Å². The van der Waals surface area contributed by atoms with Crippen LogP contribution in [0.25, 0.3) is 0 Å². The van der Waals surface area contributed by atoms with Gasteiger partial charge in [-0.3, -0.25) is 9.48 Å². The molecule has 3 heteroatoms. The van der Waals surface area contributed by atoms with Gasteiger partial charge in [-0.1, -0.05) is 29.8 Å². The average molecular weight is 200 g/mol. The minimum Gasteiger partial charge on any atom is -0.287 e. The van der Waals surface area contributed by atoms with Crippen LogP contribution in [0.15, 0.2) is 36.5 Å². The highest BCUT2D eigenvalue weighted by Gasteiger charge is 2.10. The second kappa shape index (κ2) is 3.69. The number of rotatable bonds is 2. The van der Waals surface area contributed by atoms with Gasteiger partial charge in [-0.25, -0.2) is 0 Å². The number of carbonyl (C=O) groups is 1. The van der Waals surface area contributed by atoms with Crippen LogP contribution in [-0.2, 0) is 7.05 Å². The van der Waals surface area contributed by atoms with Crippen LogP contribution in [0.2, 0.25) is 0 Å². The van der Waals surface area contributed by atoms with Gasteiger partial charge in [0, 0.05) is 18.8 Å². The monoisotopic (exact) mass is 200 g/mol. The number of ketones is 1. The van der Waals surface area contributed by atoms with Crippen molar-refractivity contribution >= 4 is 5.78 Å². The van der Waals surface area contributed by atoms with Crippen LogP contribution in [0.5, 0.6) is 0 Å². The highest BCUT2D eigenvalue weighted by Crippen LogP contribution is 2.08. The second-order valence-corrected chi connectivity index (χ2v) is 3.57. The van der Waals surface area contributed by atoms with E-state index >= 15 is 0 Å². The zero-order valence-corrected chi connectivity index (χ0v) is 8.77. The summed E-state index contributed by atoms with van der Waals surface area (Å²) in [6, 6.07) is 9.23. The molecule has 76 valence electrons. The third-order valence-electron chi connectivity index (χ3n) is 2.26. The van der Waals surface area contributed by atoms with Gasteiger partial charge in [0.05, 0.1) is 0 Å². The van der Waals surface area contributed by atoms with E-state index in [9.17, 15) is 4.79 Å². The Balaban J connectivity index is 2.32. The summed E-state index contributed by atoms with van der Waals surface area (Å²) in [6.45, 7) is 2.00. The number of aromatic nitrogens is 2. The van der Waals surface area contributed by atoms with E-state index in [-0.39, 0.29) is 5.78 Å². The largest absolute Gasteiger partial charge is 0.287 e. The Labute approximate surface area is 88.4 Å². The predicted molar refractivity (Wildman–Crippen MR) is 57.8 cm³/mol. The van der Waals surface area contributed by atoms with Crippen LogP contribution < -0.4 is 0 Å². The first-order valence-electron chi connectivity index (χ1n) is 4.78. The number of carbonyl (C=O) groups excluding carboxylic acids is 1. The molecule has 0 aliphatic heterocycles. The van der Waals surface area contributed by atoms with Crippen LogP contribution in [-0.4, -0.2) is 15.6 Å². The van der Waals surface area contributed by atoms with Crippen molar-refractivity contribution in [3.05, 3.63) is 53.3 Å². The summed E-state index contributed by atoms with van der Waals surface area (Å²) in [4.78, 5) is 11.9. The van der Waals surface area contributed by atoms with E-state index in [4.69, 9.17) is 0 Å². The van der Waals surface area contributed by atoms with Gasteiger partial charge in [0.15, 0.2) is 0 Å². The van der Waals surface area contributed by atoms with E-state index in [1.165, 1.54) is 0 Å². The quantitative estimate of drug-likeness (QED) is 0.694. The minimum absolute atomic E-state index is 0.0319. The van der Waals surface area contributed by atoms with E-state index in [0.29, 0.717) is 11.3 Å². The lowest BCUT2D eigenvalue weighted by Gasteiger charge is -1.97. The molecule has 0 aliphatic carbocycles. The van der Waals surface area contributed by atoms with Gasteiger partial charge < -0.3 is 0 Å². The summed E-state index contributed by atoms with van der Waals surface area (Å²) in [5.41, 5.74) is 2.31. The summed E-state index contributed by atoms with van der Waals surface area (Å²) in [5.74, 6) is -0.0319. The Hall–Kier alpha value is -1.90. The fourth-order valence-corrected chi connectivity index (χ4v) is 1.39. The van der Waals surface area contributed by atoms with Crippen LogP contribution in [0.3, 0.4) is 0 Å². The molecule has 0 aliphatic rings. The summed E-state index contributed by atoms with van der Waals surface area (Å²) in [5, 5.41) is 4.08. The third-order valence-corrected chi connectivity index (χ3v) is 2.26. The number of benzene rings is 1. The molecule has 0 amide bonds. The van der Waals surface area contributed by atoms with E-state index in [1.54, 1.807) is 24.0 Å². The summed E-state index contributed by atoms with van der Waals surface area (Å²) in [7, 11) is 1.80. The molecule has 0 N–H and O–H groups in total. The summed E-state index contributed by atoms with van der Waals surface area (Å²) in [6.07, 6.45) is 1.77. The molecule has 1 aromatic heterocycles. The Bertz CT molecular complexity index is 483. The molecule has 2 rings (SSSR count). The first-order chi connectivity index (χ1) is 7.16. The number of aryl methyl sites for hydroxylation is 2. The fraction of sp³-hybridized carbons (Fsp3) is 0.167. The van der Waals surface area contributed by atoms with Gasteiger partial charge in [0.2, 0.25) is 5.78 Å². The standard InChI is InChI=1S/C12H12N2O/c1-9-3-5-10(6-4-9)12(15)11-7-8-14(2)13-11/h3-8H,1-2H3. The zero-order chi connectivity index (χ0) is 10.8. The first kappa shape index (κ1) is 9.65. The van der Waals surface area contributed by atoms with Crippen molar-refractivity contribution in [2.45, 2.75) is 6.92 Å². The number of hydrogen-bond donors (Lipinski definition) is 0. The lowest BCUT2D eigenvalue weighted by molar-refractivity contribution is 0.103. The van der Waals surface area contributed by atoms with E-state index < -0.39 is 0 Å². The van der Waals surface area contributed by atoms with Gasteiger partial charge in [0.1, 0.15) is 5.69 Å². The maximum Gasteiger partial charge on any atom is 0.213 e. The van der Waals surface area contributed by atoms with Gasteiger partial charge in [0.25, 0.3) is 0 Å². The number of nitrogens with zero attached hydrogens (tertiary/aromatic N) is 2. The summed E-state index contributed by atoms with van der Waals surface area (Å²) >= 11 is 0. The highest BCUT2D eigenvalue weighted by molar-refractivity contribution is 6.07. The molecule has 0 atom stereocenters. The lowest BCUT2D eigenvalue weighted by Crippen LogP contribution is -2.03. The Morgan fingerprint density at radius 3 is 2.40 bits per heavy atom. The lowest BCUT2D eigenvalue weighted by atomic mass is 10.1. The van der Waals surface area contributed by atoms with E-state index in [1.807, 2.05) is 31.2 Å². The third kappa shape index (κ3) is 1.96. The molecule has 0 unspecified atom stereocenters. The average Bonchev–Trinajstić information content (AvgIpc) is 2.65. The Morgan fingerprint density at radius 1 is 1.20 bits per heavy atom. The van der Waals surface area contributed by atoms with Crippen molar-refractivity contribution < 1.29 is 4.79 Å². The molecular formula is C12H12N2O. The normalized spacial score (nSPS) is 10.3. The molecule has 2 aromatic rings. The smallest absolute Gasteiger partial charge is 0.213 e. The van der Waals surface area contributed by atoms with Crippen molar-refractivity contribution in [2.75, 3.05) is 0 Å². The van der Waals surface area contributed by atoms with Gasteiger partial charge in [-0.15, -0.1) is 0 Å². The van der Waals surface area contributed by atoms with Gasteiger partial charge in [-0.05, 0) is 13.0 Å². The molecule has 0 saturated carbocycles. The van der Waals surface area contributed by atoms with Crippen LogP contribution in [0.1, 0.15) is 21.6 Å².